The van der Waals surface area contributed by atoms with Crippen LogP contribution in [0.2, 0.25) is 0 Å². The summed E-state index contributed by atoms with van der Waals surface area (Å²) in [5.74, 6) is -0.657. The summed E-state index contributed by atoms with van der Waals surface area (Å²) >= 11 is 0. The maximum absolute atomic E-state index is 10.3. The maximum atomic E-state index is 10.3. The standard InChI is InChI=1S/C14H28O2.H3N.Na/c1-2-3-4-5-6-7-8-9-10-11-12-13-14(15)16;;/h2-13H2,1H3,(H,15,16);1H3;. The van der Waals surface area contributed by atoms with Crippen LogP contribution in [-0.2, 0) is 4.79 Å². The van der Waals surface area contributed by atoms with Crippen molar-refractivity contribution in [2.24, 2.45) is 0 Å². The van der Waals surface area contributed by atoms with E-state index in [2.05, 4.69) is 6.92 Å². The van der Waals surface area contributed by atoms with Crippen molar-refractivity contribution in [3.05, 3.63) is 0 Å². The van der Waals surface area contributed by atoms with Crippen molar-refractivity contribution < 1.29 is 9.90 Å². The summed E-state index contributed by atoms with van der Waals surface area (Å²) in [4.78, 5) is 10.3. The topological polar surface area (TPSA) is 72.3 Å². The summed E-state index contributed by atoms with van der Waals surface area (Å²) in [6, 6.07) is 0. The van der Waals surface area contributed by atoms with Gasteiger partial charge in [-0.1, -0.05) is 71.1 Å². The molecule has 0 aliphatic carbocycles. The molecule has 1 radical (unpaired) electrons. The molecule has 0 aliphatic heterocycles. The number of rotatable bonds is 12. The number of aliphatic carboxylic acids is 1. The fourth-order valence-corrected chi connectivity index (χ4v) is 1.94. The van der Waals surface area contributed by atoms with Gasteiger partial charge in [-0.15, -0.1) is 0 Å². The molecule has 18 heavy (non-hydrogen) atoms. The van der Waals surface area contributed by atoms with E-state index in [1.54, 1.807) is 0 Å². The van der Waals surface area contributed by atoms with Gasteiger partial charge in [-0.25, -0.2) is 0 Å². The zero-order valence-electron chi connectivity index (χ0n) is 12.5. The van der Waals surface area contributed by atoms with E-state index in [4.69, 9.17) is 5.11 Å². The number of carboxylic acid groups (broad SMARTS) is 1. The molecule has 0 bridgehead atoms. The number of unbranched alkanes of at least 4 members (excludes halogenated alkanes) is 10. The van der Waals surface area contributed by atoms with Crippen LogP contribution in [0.15, 0.2) is 0 Å². The average Bonchev–Trinajstić information content (AvgIpc) is 2.25. The Bertz CT molecular complexity index is 166. The summed E-state index contributed by atoms with van der Waals surface area (Å²) in [7, 11) is 0. The molecule has 0 aromatic rings. The Morgan fingerprint density at radius 3 is 1.44 bits per heavy atom. The van der Waals surface area contributed by atoms with Crippen LogP contribution in [-0.4, -0.2) is 40.6 Å². The smallest absolute Gasteiger partial charge is 0.303 e. The van der Waals surface area contributed by atoms with Gasteiger partial charge in [-0.3, -0.25) is 4.79 Å². The second kappa shape index (κ2) is 19.8. The van der Waals surface area contributed by atoms with Crippen molar-refractivity contribution in [2.75, 3.05) is 0 Å². The third-order valence-corrected chi connectivity index (χ3v) is 2.99. The average molecular weight is 268 g/mol. The normalized spacial score (nSPS) is 9.39. The Balaban J connectivity index is -0.00000112. The molecule has 0 aromatic carbocycles. The minimum atomic E-state index is -0.657. The number of carbonyl (C=O) groups is 1. The van der Waals surface area contributed by atoms with Crippen LogP contribution in [0.3, 0.4) is 0 Å². The zero-order valence-corrected chi connectivity index (χ0v) is 14.5. The fourth-order valence-electron chi connectivity index (χ4n) is 1.94. The largest absolute Gasteiger partial charge is 0.481 e. The van der Waals surface area contributed by atoms with Crippen molar-refractivity contribution in [1.29, 1.82) is 0 Å². The molecule has 0 fully saturated rings. The van der Waals surface area contributed by atoms with Crippen LogP contribution in [0.5, 0.6) is 0 Å². The molecule has 0 aromatic heterocycles. The zero-order chi connectivity index (χ0) is 12.1. The van der Waals surface area contributed by atoms with E-state index in [-0.39, 0.29) is 35.7 Å². The second-order valence-corrected chi connectivity index (χ2v) is 4.68. The van der Waals surface area contributed by atoms with Crippen LogP contribution < -0.4 is 6.15 Å². The summed E-state index contributed by atoms with van der Waals surface area (Å²) in [6.07, 6.45) is 14.4. The Morgan fingerprint density at radius 2 is 1.11 bits per heavy atom. The Kier molecular flexibility index (Phi) is 25.8. The number of carboxylic acids is 1. The monoisotopic (exact) mass is 268 g/mol. The van der Waals surface area contributed by atoms with Crippen LogP contribution >= 0.6 is 0 Å². The maximum Gasteiger partial charge on any atom is 0.303 e. The van der Waals surface area contributed by atoms with Crippen LogP contribution in [0, 0.1) is 0 Å². The van der Waals surface area contributed by atoms with E-state index >= 15 is 0 Å². The molecule has 0 saturated heterocycles. The van der Waals surface area contributed by atoms with Crippen molar-refractivity contribution >= 4 is 35.5 Å². The third kappa shape index (κ3) is 21.7. The fraction of sp³-hybridized carbons (Fsp3) is 0.929. The first-order valence-corrected chi connectivity index (χ1v) is 6.99. The van der Waals surface area contributed by atoms with Crippen LogP contribution in [0.4, 0.5) is 0 Å². The number of hydrogen-bond donors (Lipinski definition) is 2. The molecule has 105 valence electrons. The van der Waals surface area contributed by atoms with Gasteiger partial charge in [0.15, 0.2) is 0 Å². The molecule has 0 amide bonds. The quantitative estimate of drug-likeness (QED) is 0.403. The van der Waals surface area contributed by atoms with E-state index in [1.165, 1.54) is 57.8 Å². The van der Waals surface area contributed by atoms with Gasteiger partial charge in [0, 0.05) is 36.0 Å². The Labute approximate surface area is 135 Å². The Hall–Kier alpha value is 0.430. The molecule has 0 saturated carbocycles. The van der Waals surface area contributed by atoms with Gasteiger partial charge in [0.05, 0.1) is 0 Å². The Morgan fingerprint density at radius 1 is 0.778 bits per heavy atom. The molecule has 0 aliphatic rings. The first-order chi connectivity index (χ1) is 7.77. The summed E-state index contributed by atoms with van der Waals surface area (Å²) in [6.45, 7) is 2.25. The van der Waals surface area contributed by atoms with Gasteiger partial charge < -0.3 is 11.3 Å². The van der Waals surface area contributed by atoms with Gasteiger partial charge in [0.2, 0.25) is 0 Å². The van der Waals surface area contributed by atoms with Gasteiger partial charge in [-0.05, 0) is 6.42 Å². The molecule has 3 nitrogen and oxygen atoms in total. The SMILES string of the molecule is CCCCCCCCCCCCCC(=O)O.N.[Na]. The summed E-state index contributed by atoms with van der Waals surface area (Å²) in [5.41, 5.74) is 0. The van der Waals surface area contributed by atoms with E-state index < -0.39 is 5.97 Å². The summed E-state index contributed by atoms with van der Waals surface area (Å²) < 4.78 is 0. The van der Waals surface area contributed by atoms with Crippen molar-refractivity contribution in [3.8, 4) is 0 Å². The van der Waals surface area contributed by atoms with E-state index in [0.717, 1.165) is 12.8 Å². The van der Waals surface area contributed by atoms with E-state index in [1.807, 2.05) is 0 Å². The molecule has 4 N–H and O–H groups in total. The summed E-state index contributed by atoms with van der Waals surface area (Å²) in [5, 5.41) is 8.46. The van der Waals surface area contributed by atoms with E-state index in [9.17, 15) is 4.79 Å². The van der Waals surface area contributed by atoms with Crippen LogP contribution in [0.25, 0.3) is 0 Å². The minimum Gasteiger partial charge on any atom is -0.481 e. The third-order valence-electron chi connectivity index (χ3n) is 2.99. The molecular weight excluding hydrogens is 237 g/mol. The molecule has 0 heterocycles. The minimum absolute atomic E-state index is 0. The van der Waals surface area contributed by atoms with Crippen molar-refractivity contribution in [3.63, 3.8) is 0 Å². The van der Waals surface area contributed by atoms with Gasteiger partial charge >= 0.3 is 5.97 Å². The molecule has 0 atom stereocenters. The molecule has 0 spiro atoms. The number of hydrogen-bond acceptors (Lipinski definition) is 2. The molecular formula is C14H31NNaO2. The van der Waals surface area contributed by atoms with Gasteiger partial charge in [0.25, 0.3) is 0 Å². The molecule has 0 unspecified atom stereocenters. The predicted octanol–water partition coefficient (Wildman–Crippen LogP) is 4.55. The van der Waals surface area contributed by atoms with Gasteiger partial charge in [-0.2, -0.15) is 0 Å². The van der Waals surface area contributed by atoms with Crippen LogP contribution in [0.1, 0.15) is 84.0 Å². The molecule has 4 heteroatoms. The molecule has 0 rings (SSSR count). The van der Waals surface area contributed by atoms with Crippen molar-refractivity contribution in [1.82, 2.24) is 6.15 Å². The van der Waals surface area contributed by atoms with E-state index in [0.29, 0.717) is 6.42 Å². The first kappa shape index (κ1) is 23.5. The van der Waals surface area contributed by atoms with Crippen molar-refractivity contribution in [2.45, 2.75) is 84.0 Å². The first-order valence-electron chi connectivity index (χ1n) is 6.99. The van der Waals surface area contributed by atoms with Gasteiger partial charge in [0.1, 0.15) is 0 Å². The second-order valence-electron chi connectivity index (χ2n) is 4.68. The predicted molar refractivity (Wildman–Crippen MR) is 79.5 cm³/mol.